The summed E-state index contributed by atoms with van der Waals surface area (Å²) in [6.07, 6.45) is 3.91. The fraction of sp³-hybridized carbons (Fsp3) is 0.238. The van der Waals surface area contributed by atoms with Crippen LogP contribution in [0.3, 0.4) is 0 Å². The van der Waals surface area contributed by atoms with Crippen LogP contribution in [0, 0.1) is 12.8 Å². The van der Waals surface area contributed by atoms with Crippen molar-refractivity contribution in [3.63, 3.8) is 0 Å². The Balaban J connectivity index is 1.54. The van der Waals surface area contributed by atoms with Gasteiger partial charge in [0, 0.05) is 29.9 Å². The summed E-state index contributed by atoms with van der Waals surface area (Å²) in [6.45, 7) is 2.07. The van der Waals surface area contributed by atoms with E-state index in [4.69, 9.17) is 0 Å². The monoisotopic (exact) mass is 395 g/mol. The molecule has 2 aromatic heterocycles. The lowest BCUT2D eigenvalue weighted by molar-refractivity contribution is -0.141. The Morgan fingerprint density at radius 1 is 1.21 bits per heavy atom. The first kappa shape index (κ1) is 19.7. The maximum atomic E-state index is 12.2. The van der Waals surface area contributed by atoms with E-state index in [0.29, 0.717) is 12.1 Å². The molecule has 2 N–H and O–H groups in total. The third kappa shape index (κ3) is 5.47. The molecule has 0 fully saturated rings. The molecule has 6 nitrogen and oxygen atoms in total. The second kappa shape index (κ2) is 9.23. The van der Waals surface area contributed by atoms with Crippen molar-refractivity contribution in [3.8, 4) is 10.6 Å². The van der Waals surface area contributed by atoms with Crippen molar-refractivity contribution in [1.82, 2.24) is 15.3 Å². The van der Waals surface area contributed by atoms with E-state index < -0.39 is 11.9 Å². The molecule has 0 aliphatic carbocycles. The van der Waals surface area contributed by atoms with Gasteiger partial charge in [0.25, 0.3) is 0 Å². The zero-order chi connectivity index (χ0) is 19.9. The molecule has 7 heteroatoms. The van der Waals surface area contributed by atoms with Gasteiger partial charge in [0.1, 0.15) is 5.01 Å². The molecule has 0 spiro atoms. The summed E-state index contributed by atoms with van der Waals surface area (Å²) in [4.78, 5) is 32.3. The average Bonchev–Trinajstić information content (AvgIpc) is 3.15. The average molecular weight is 395 g/mol. The van der Waals surface area contributed by atoms with Gasteiger partial charge in [0.05, 0.1) is 18.0 Å². The van der Waals surface area contributed by atoms with Crippen molar-refractivity contribution >= 4 is 23.2 Å². The van der Waals surface area contributed by atoms with Gasteiger partial charge in [-0.25, -0.2) is 4.98 Å². The number of carbonyl (C=O) groups is 2. The maximum absolute atomic E-state index is 12.2. The number of pyridine rings is 1. The van der Waals surface area contributed by atoms with Gasteiger partial charge in [-0.05, 0) is 31.0 Å². The third-order valence-electron chi connectivity index (χ3n) is 4.30. The first-order valence-electron chi connectivity index (χ1n) is 8.91. The largest absolute Gasteiger partial charge is 0.481 e. The van der Waals surface area contributed by atoms with Gasteiger partial charge < -0.3 is 10.4 Å². The molecule has 3 aromatic rings. The van der Waals surface area contributed by atoms with Crippen LogP contribution in [0.4, 0.5) is 0 Å². The highest BCUT2D eigenvalue weighted by Gasteiger charge is 2.19. The van der Waals surface area contributed by atoms with E-state index >= 15 is 0 Å². The number of hydrogen-bond donors (Lipinski definition) is 2. The van der Waals surface area contributed by atoms with Crippen LogP contribution in [0.2, 0.25) is 0 Å². The number of nitrogens with zero attached hydrogens (tertiary/aromatic N) is 2. The number of carbonyl (C=O) groups excluding carboxylic acids is 1. The van der Waals surface area contributed by atoms with Crippen LogP contribution < -0.4 is 5.32 Å². The van der Waals surface area contributed by atoms with Crippen molar-refractivity contribution in [2.24, 2.45) is 5.92 Å². The predicted molar refractivity (Wildman–Crippen MR) is 108 cm³/mol. The SMILES string of the molecule is Cc1ccc(CC(CNC(=O)Cc2csc(-c3cccnc3)n2)C(=O)O)cc1. The molecule has 0 saturated carbocycles. The van der Waals surface area contributed by atoms with Crippen molar-refractivity contribution in [3.05, 3.63) is 71.0 Å². The van der Waals surface area contributed by atoms with E-state index in [-0.39, 0.29) is 18.9 Å². The molecule has 1 amide bonds. The molecule has 0 bridgehead atoms. The quantitative estimate of drug-likeness (QED) is 0.611. The van der Waals surface area contributed by atoms with Gasteiger partial charge in [-0.2, -0.15) is 0 Å². The maximum Gasteiger partial charge on any atom is 0.308 e. The number of thiazole rings is 1. The summed E-state index contributed by atoms with van der Waals surface area (Å²) in [5.41, 5.74) is 3.63. The van der Waals surface area contributed by atoms with Gasteiger partial charge in [-0.15, -0.1) is 11.3 Å². The number of carboxylic acids is 1. The van der Waals surface area contributed by atoms with Crippen molar-refractivity contribution in [2.75, 3.05) is 6.54 Å². The summed E-state index contributed by atoms with van der Waals surface area (Å²) in [5, 5.41) is 14.8. The van der Waals surface area contributed by atoms with Crippen LogP contribution in [0.5, 0.6) is 0 Å². The second-order valence-electron chi connectivity index (χ2n) is 6.59. The number of carboxylic acid groups (broad SMARTS) is 1. The molecule has 1 aromatic carbocycles. The summed E-state index contributed by atoms with van der Waals surface area (Å²) < 4.78 is 0. The standard InChI is InChI=1S/C21H21N3O3S/c1-14-4-6-15(7-5-14)9-17(21(26)27)12-23-19(25)10-18-13-28-20(24-18)16-3-2-8-22-11-16/h2-8,11,13,17H,9-10,12H2,1H3,(H,23,25)(H,26,27). The van der Waals surface area contributed by atoms with Crippen LogP contribution in [0.25, 0.3) is 10.6 Å². The fourth-order valence-corrected chi connectivity index (χ4v) is 3.54. The normalized spacial score (nSPS) is 11.8. The van der Waals surface area contributed by atoms with Gasteiger partial charge in [-0.1, -0.05) is 29.8 Å². The number of rotatable bonds is 8. The highest BCUT2D eigenvalue weighted by atomic mass is 32.1. The molecule has 2 heterocycles. The second-order valence-corrected chi connectivity index (χ2v) is 7.45. The molecular formula is C21H21N3O3S. The van der Waals surface area contributed by atoms with Gasteiger partial charge in [0.15, 0.2) is 0 Å². The molecular weight excluding hydrogens is 374 g/mol. The van der Waals surface area contributed by atoms with E-state index in [1.807, 2.05) is 48.7 Å². The molecule has 144 valence electrons. The number of aryl methyl sites for hydroxylation is 1. The molecule has 0 saturated heterocycles. The minimum absolute atomic E-state index is 0.0850. The van der Waals surface area contributed by atoms with Crippen LogP contribution in [0.15, 0.2) is 54.2 Å². The highest BCUT2D eigenvalue weighted by Crippen LogP contribution is 2.22. The molecule has 1 unspecified atom stereocenters. The number of aromatic nitrogens is 2. The Hall–Kier alpha value is -3.06. The summed E-state index contributed by atoms with van der Waals surface area (Å²) >= 11 is 1.45. The van der Waals surface area contributed by atoms with E-state index in [2.05, 4.69) is 15.3 Å². The van der Waals surface area contributed by atoms with Gasteiger partial charge in [0.2, 0.25) is 5.91 Å². The van der Waals surface area contributed by atoms with Crippen molar-refractivity contribution in [2.45, 2.75) is 19.8 Å². The van der Waals surface area contributed by atoms with Crippen molar-refractivity contribution < 1.29 is 14.7 Å². The number of benzene rings is 1. The van der Waals surface area contributed by atoms with Crippen LogP contribution in [-0.4, -0.2) is 33.5 Å². The molecule has 3 rings (SSSR count). The lowest BCUT2D eigenvalue weighted by atomic mass is 9.98. The highest BCUT2D eigenvalue weighted by molar-refractivity contribution is 7.13. The summed E-state index contributed by atoms with van der Waals surface area (Å²) in [5.74, 6) is -1.83. The Morgan fingerprint density at radius 3 is 2.68 bits per heavy atom. The van der Waals surface area contributed by atoms with E-state index in [0.717, 1.165) is 21.7 Å². The Labute approximate surface area is 167 Å². The molecule has 1 atom stereocenters. The number of nitrogens with one attached hydrogen (secondary N) is 1. The van der Waals surface area contributed by atoms with Crippen LogP contribution >= 0.6 is 11.3 Å². The minimum Gasteiger partial charge on any atom is -0.481 e. The first-order chi connectivity index (χ1) is 13.5. The lowest BCUT2D eigenvalue weighted by Crippen LogP contribution is -2.35. The molecule has 0 radical (unpaired) electrons. The van der Waals surface area contributed by atoms with E-state index in [1.165, 1.54) is 11.3 Å². The summed E-state index contributed by atoms with van der Waals surface area (Å²) in [7, 11) is 0. The van der Waals surface area contributed by atoms with Gasteiger partial charge in [-0.3, -0.25) is 14.6 Å². The topological polar surface area (TPSA) is 92.2 Å². The first-order valence-corrected chi connectivity index (χ1v) is 9.79. The zero-order valence-corrected chi connectivity index (χ0v) is 16.3. The lowest BCUT2D eigenvalue weighted by Gasteiger charge is -2.13. The van der Waals surface area contributed by atoms with Crippen LogP contribution in [0.1, 0.15) is 16.8 Å². The van der Waals surface area contributed by atoms with Gasteiger partial charge >= 0.3 is 5.97 Å². The molecule has 28 heavy (non-hydrogen) atoms. The molecule has 0 aliphatic heterocycles. The Morgan fingerprint density at radius 2 is 2.00 bits per heavy atom. The number of aliphatic carboxylic acids is 1. The minimum atomic E-state index is -0.923. The smallest absolute Gasteiger partial charge is 0.308 e. The Bertz CT molecular complexity index is 939. The Kier molecular flexibility index (Phi) is 6.49. The van der Waals surface area contributed by atoms with Crippen LogP contribution in [-0.2, 0) is 22.4 Å². The van der Waals surface area contributed by atoms with Crippen molar-refractivity contribution in [1.29, 1.82) is 0 Å². The fourth-order valence-electron chi connectivity index (χ4n) is 2.73. The van der Waals surface area contributed by atoms with E-state index in [1.54, 1.807) is 12.4 Å². The predicted octanol–water partition coefficient (Wildman–Crippen LogP) is 3.12. The zero-order valence-electron chi connectivity index (χ0n) is 15.5. The van der Waals surface area contributed by atoms with E-state index in [9.17, 15) is 14.7 Å². The number of amides is 1. The molecule has 0 aliphatic rings. The third-order valence-corrected chi connectivity index (χ3v) is 5.24. The number of hydrogen-bond acceptors (Lipinski definition) is 5. The summed E-state index contributed by atoms with van der Waals surface area (Å²) in [6, 6.07) is 11.5.